The van der Waals surface area contributed by atoms with Crippen LogP contribution in [0.2, 0.25) is 0 Å². The topological polar surface area (TPSA) is 73.7 Å². The Morgan fingerprint density at radius 3 is 2.76 bits per heavy atom. The fourth-order valence-electron chi connectivity index (χ4n) is 4.50. The summed E-state index contributed by atoms with van der Waals surface area (Å²) in [5.41, 5.74) is 2.45. The quantitative estimate of drug-likeness (QED) is 0.400. The maximum Gasteiger partial charge on any atom is 0.267 e. The second-order valence-electron chi connectivity index (χ2n) is 9.48. The number of aryl methyl sites for hydroxylation is 1. The predicted octanol–water partition coefficient (Wildman–Crippen LogP) is 3.95. The number of hydrogen-bond donors (Lipinski definition) is 0. The first kappa shape index (κ1) is 23.5. The average Bonchev–Trinajstić information content (AvgIpc) is 3.15. The van der Waals surface area contributed by atoms with Gasteiger partial charge in [-0.25, -0.2) is 4.98 Å². The zero-order valence-electron chi connectivity index (χ0n) is 19.9. The Labute approximate surface area is 207 Å². The molecule has 0 bridgehead atoms. The molecule has 1 amide bonds. The van der Waals surface area contributed by atoms with Crippen LogP contribution in [0.5, 0.6) is 0 Å². The summed E-state index contributed by atoms with van der Waals surface area (Å²) in [5, 5.41) is 0.834. The summed E-state index contributed by atoms with van der Waals surface area (Å²) in [6, 6.07) is 7.86. The molecule has 1 unspecified atom stereocenters. The molecule has 2 aliphatic rings. The lowest BCUT2D eigenvalue weighted by atomic mass is 9.94. The van der Waals surface area contributed by atoms with E-state index in [1.54, 1.807) is 4.57 Å². The van der Waals surface area contributed by atoms with Crippen LogP contribution in [0.1, 0.15) is 36.8 Å². The third kappa shape index (κ3) is 4.42. The number of morpholine rings is 1. The molecular weight excluding hydrogens is 470 g/mol. The molecule has 1 saturated heterocycles. The SMILES string of the molecule is Cc1cccc(-n2c(SC(C)C(=O)N3CCOCC3)nc3sc4c(c3c2=O)CC(C)(C)OC4)c1. The summed E-state index contributed by atoms with van der Waals surface area (Å²) in [6.07, 6.45) is 0.672. The second kappa shape index (κ2) is 9.11. The Bertz CT molecular complexity index is 1310. The zero-order chi connectivity index (χ0) is 24.0. The summed E-state index contributed by atoms with van der Waals surface area (Å²) < 4.78 is 13.1. The van der Waals surface area contributed by atoms with E-state index in [9.17, 15) is 9.59 Å². The molecule has 0 radical (unpaired) electrons. The van der Waals surface area contributed by atoms with Gasteiger partial charge in [0.2, 0.25) is 5.91 Å². The Morgan fingerprint density at radius 1 is 1.26 bits per heavy atom. The van der Waals surface area contributed by atoms with Crippen molar-refractivity contribution in [3.8, 4) is 5.69 Å². The second-order valence-corrected chi connectivity index (χ2v) is 11.9. The average molecular weight is 500 g/mol. The first-order chi connectivity index (χ1) is 16.2. The van der Waals surface area contributed by atoms with Gasteiger partial charge >= 0.3 is 0 Å². The molecular formula is C25H29N3O4S2. The number of thiophene rings is 1. The molecule has 9 heteroatoms. The monoisotopic (exact) mass is 499 g/mol. The van der Waals surface area contributed by atoms with Gasteiger partial charge in [-0.15, -0.1) is 11.3 Å². The first-order valence-electron chi connectivity index (χ1n) is 11.5. The van der Waals surface area contributed by atoms with Gasteiger partial charge in [0.25, 0.3) is 5.56 Å². The third-order valence-electron chi connectivity index (χ3n) is 6.29. The number of amides is 1. The molecule has 1 aromatic carbocycles. The fraction of sp³-hybridized carbons (Fsp3) is 0.480. The van der Waals surface area contributed by atoms with E-state index in [-0.39, 0.29) is 22.3 Å². The highest BCUT2D eigenvalue weighted by atomic mass is 32.2. The van der Waals surface area contributed by atoms with Crippen LogP contribution in [0.4, 0.5) is 0 Å². The number of rotatable bonds is 4. The molecule has 5 rings (SSSR count). The van der Waals surface area contributed by atoms with Gasteiger partial charge in [-0.05, 0) is 51.0 Å². The normalized spacial score (nSPS) is 18.6. The Kier molecular flexibility index (Phi) is 6.31. The van der Waals surface area contributed by atoms with E-state index in [0.29, 0.717) is 54.7 Å². The molecule has 180 valence electrons. The zero-order valence-corrected chi connectivity index (χ0v) is 21.6. The van der Waals surface area contributed by atoms with Crippen LogP contribution in [0.25, 0.3) is 15.9 Å². The van der Waals surface area contributed by atoms with Crippen molar-refractivity contribution in [2.24, 2.45) is 0 Å². The van der Waals surface area contributed by atoms with Gasteiger partial charge in [0.15, 0.2) is 5.16 Å². The Hall–Kier alpha value is -2.20. The summed E-state index contributed by atoms with van der Waals surface area (Å²) in [4.78, 5) is 35.7. The number of ether oxygens (including phenoxy) is 2. The van der Waals surface area contributed by atoms with Crippen LogP contribution in [0.3, 0.4) is 0 Å². The van der Waals surface area contributed by atoms with Gasteiger partial charge in [-0.3, -0.25) is 14.2 Å². The lowest BCUT2D eigenvalue weighted by Gasteiger charge is -2.30. The van der Waals surface area contributed by atoms with E-state index < -0.39 is 0 Å². The Balaban J connectivity index is 1.62. The molecule has 2 aromatic heterocycles. The summed E-state index contributed by atoms with van der Waals surface area (Å²) in [5.74, 6) is 0.0408. The number of carbonyl (C=O) groups excluding carboxylic acids is 1. The van der Waals surface area contributed by atoms with Crippen molar-refractivity contribution in [2.45, 2.75) is 56.7 Å². The number of nitrogens with zero attached hydrogens (tertiary/aromatic N) is 3. The number of fused-ring (bicyclic) bond motifs is 3. The van der Waals surface area contributed by atoms with Gasteiger partial charge < -0.3 is 14.4 Å². The summed E-state index contributed by atoms with van der Waals surface area (Å²) in [6.45, 7) is 10.8. The van der Waals surface area contributed by atoms with Gasteiger partial charge in [-0.2, -0.15) is 0 Å². The number of benzene rings is 1. The molecule has 1 fully saturated rings. The van der Waals surface area contributed by atoms with Gasteiger partial charge in [0, 0.05) is 24.4 Å². The van der Waals surface area contributed by atoms with Crippen LogP contribution in [0, 0.1) is 6.92 Å². The summed E-state index contributed by atoms with van der Waals surface area (Å²) >= 11 is 2.87. The molecule has 2 aliphatic heterocycles. The smallest absolute Gasteiger partial charge is 0.267 e. The van der Waals surface area contributed by atoms with Crippen molar-refractivity contribution in [3.63, 3.8) is 0 Å². The largest absolute Gasteiger partial charge is 0.378 e. The minimum absolute atomic E-state index is 0.0408. The molecule has 7 nitrogen and oxygen atoms in total. The van der Waals surface area contributed by atoms with Crippen LogP contribution < -0.4 is 5.56 Å². The highest BCUT2D eigenvalue weighted by Crippen LogP contribution is 2.38. The van der Waals surface area contributed by atoms with Crippen molar-refractivity contribution in [1.82, 2.24) is 14.5 Å². The highest BCUT2D eigenvalue weighted by molar-refractivity contribution is 8.00. The van der Waals surface area contributed by atoms with Crippen LogP contribution >= 0.6 is 23.1 Å². The van der Waals surface area contributed by atoms with E-state index in [4.69, 9.17) is 14.5 Å². The van der Waals surface area contributed by atoms with E-state index in [0.717, 1.165) is 21.7 Å². The van der Waals surface area contributed by atoms with E-state index in [1.807, 2.05) is 43.0 Å². The molecule has 0 saturated carbocycles. The Morgan fingerprint density at radius 2 is 2.03 bits per heavy atom. The van der Waals surface area contributed by atoms with E-state index in [1.165, 1.54) is 23.1 Å². The highest BCUT2D eigenvalue weighted by Gasteiger charge is 2.32. The fourth-order valence-corrected chi connectivity index (χ4v) is 6.65. The third-order valence-corrected chi connectivity index (χ3v) is 8.43. The van der Waals surface area contributed by atoms with Crippen LogP contribution in [0.15, 0.2) is 34.2 Å². The van der Waals surface area contributed by atoms with Gasteiger partial charge in [0.05, 0.1) is 41.7 Å². The van der Waals surface area contributed by atoms with Crippen molar-refractivity contribution in [3.05, 3.63) is 50.6 Å². The lowest BCUT2D eigenvalue weighted by molar-refractivity contribution is -0.134. The molecule has 3 aromatic rings. The van der Waals surface area contributed by atoms with Crippen molar-refractivity contribution in [1.29, 1.82) is 0 Å². The van der Waals surface area contributed by atoms with Crippen molar-refractivity contribution < 1.29 is 14.3 Å². The molecule has 0 aliphatic carbocycles. The maximum absolute atomic E-state index is 14.0. The molecule has 0 spiro atoms. The van der Waals surface area contributed by atoms with E-state index >= 15 is 0 Å². The van der Waals surface area contributed by atoms with Crippen molar-refractivity contribution in [2.75, 3.05) is 26.3 Å². The van der Waals surface area contributed by atoms with Crippen LogP contribution in [-0.4, -0.2) is 57.5 Å². The lowest BCUT2D eigenvalue weighted by Crippen LogP contribution is -2.44. The van der Waals surface area contributed by atoms with Crippen molar-refractivity contribution >= 4 is 39.2 Å². The molecule has 0 N–H and O–H groups in total. The minimum atomic E-state index is -0.379. The first-order valence-corrected chi connectivity index (χ1v) is 13.2. The molecule has 4 heterocycles. The summed E-state index contributed by atoms with van der Waals surface area (Å²) in [7, 11) is 0. The molecule has 34 heavy (non-hydrogen) atoms. The van der Waals surface area contributed by atoms with Crippen LogP contribution in [-0.2, 0) is 27.3 Å². The maximum atomic E-state index is 14.0. The number of aromatic nitrogens is 2. The predicted molar refractivity (Wildman–Crippen MR) is 135 cm³/mol. The van der Waals surface area contributed by atoms with E-state index in [2.05, 4.69) is 13.8 Å². The number of hydrogen-bond acceptors (Lipinski definition) is 7. The van der Waals surface area contributed by atoms with Gasteiger partial charge in [-0.1, -0.05) is 23.9 Å². The van der Waals surface area contributed by atoms with Gasteiger partial charge in [0.1, 0.15) is 4.83 Å². The molecule has 1 atom stereocenters. The minimum Gasteiger partial charge on any atom is -0.378 e. The standard InChI is InChI=1S/C25H29N3O4S2/c1-15-6-5-7-17(12-15)28-23(30)20-18-13-25(3,4)32-14-19(18)34-21(20)26-24(28)33-16(2)22(29)27-8-10-31-11-9-27/h5-7,12,16H,8-11,13-14H2,1-4H3. The number of carbonyl (C=O) groups is 1. The number of thioether (sulfide) groups is 1.